The fourth-order valence-corrected chi connectivity index (χ4v) is 1.89. The fraction of sp³-hybridized carbons (Fsp3) is 0.357. The van der Waals surface area contributed by atoms with E-state index in [0.717, 1.165) is 16.9 Å². The molecular formula is C14H18N2O. The maximum absolute atomic E-state index is 9.19. The summed E-state index contributed by atoms with van der Waals surface area (Å²) < 4.78 is 1.87. The molecule has 0 aliphatic rings. The Kier molecular flexibility index (Phi) is 3.29. The van der Waals surface area contributed by atoms with E-state index in [4.69, 9.17) is 0 Å². The highest BCUT2D eigenvalue weighted by Gasteiger charge is 2.12. The van der Waals surface area contributed by atoms with Crippen LogP contribution in [0.5, 0.6) is 0 Å². The Morgan fingerprint density at radius 2 is 1.88 bits per heavy atom. The molecule has 1 N–H and O–H groups in total. The first kappa shape index (κ1) is 11.9. The number of rotatable bonds is 3. The predicted molar refractivity (Wildman–Crippen MR) is 68.5 cm³/mol. The van der Waals surface area contributed by atoms with Crippen LogP contribution in [0.1, 0.15) is 29.7 Å². The molecule has 3 heteroatoms. The Hall–Kier alpha value is -1.61. The summed E-state index contributed by atoms with van der Waals surface area (Å²) in [6, 6.07) is 8.24. The van der Waals surface area contributed by atoms with Gasteiger partial charge in [0.1, 0.15) is 0 Å². The molecule has 1 unspecified atom stereocenters. The second-order valence-corrected chi connectivity index (χ2v) is 4.53. The van der Waals surface area contributed by atoms with Crippen molar-refractivity contribution in [2.45, 2.75) is 26.7 Å². The molecule has 1 atom stereocenters. The van der Waals surface area contributed by atoms with Gasteiger partial charge in [0.25, 0.3) is 0 Å². The summed E-state index contributed by atoms with van der Waals surface area (Å²) in [5, 5.41) is 13.7. The first-order chi connectivity index (χ1) is 8.11. The first-order valence-electron chi connectivity index (χ1n) is 5.86. The standard InChI is InChI=1S/C14H18N2O/c1-10-4-6-13(7-5-10)16-8-14(11(2)9-17)12(3)15-16/h4-8,11,17H,9H2,1-3H3. The zero-order valence-electron chi connectivity index (χ0n) is 10.5. The van der Waals surface area contributed by atoms with Gasteiger partial charge in [-0.15, -0.1) is 0 Å². The van der Waals surface area contributed by atoms with Gasteiger partial charge in [-0.25, -0.2) is 4.68 Å². The minimum Gasteiger partial charge on any atom is -0.396 e. The van der Waals surface area contributed by atoms with Crippen molar-refractivity contribution in [2.24, 2.45) is 0 Å². The van der Waals surface area contributed by atoms with Gasteiger partial charge in [0, 0.05) is 18.7 Å². The molecule has 0 amide bonds. The van der Waals surface area contributed by atoms with E-state index in [9.17, 15) is 5.11 Å². The van der Waals surface area contributed by atoms with Gasteiger partial charge in [0.05, 0.1) is 11.4 Å². The first-order valence-corrected chi connectivity index (χ1v) is 5.86. The number of aliphatic hydroxyl groups is 1. The van der Waals surface area contributed by atoms with Gasteiger partial charge >= 0.3 is 0 Å². The third kappa shape index (κ3) is 2.39. The molecule has 17 heavy (non-hydrogen) atoms. The van der Waals surface area contributed by atoms with E-state index >= 15 is 0 Å². The molecule has 0 spiro atoms. The van der Waals surface area contributed by atoms with E-state index in [1.54, 1.807) is 0 Å². The molecular weight excluding hydrogens is 212 g/mol. The number of aryl methyl sites for hydroxylation is 2. The Labute approximate surface area is 102 Å². The van der Waals surface area contributed by atoms with E-state index in [2.05, 4.69) is 36.3 Å². The lowest BCUT2D eigenvalue weighted by Gasteiger charge is -2.04. The summed E-state index contributed by atoms with van der Waals surface area (Å²) in [4.78, 5) is 0. The number of nitrogens with zero attached hydrogens (tertiary/aromatic N) is 2. The number of aromatic nitrogens is 2. The van der Waals surface area contributed by atoms with Crippen LogP contribution >= 0.6 is 0 Å². The molecule has 0 saturated carbocycles. The van der Waals surface area contributed by atoms with Crippen LogP contribution in [0.4, 0.5) is 0 Å². The highest BCUT2D eigenvalue weighted by Crippen LogP contribution is 2.20. The third-order valence-electron chi connectivity index (χ3n) is 3.04. The summed E-state index contributed by atoms with van der Waals surface area (Å²) in [6.45, 7) is 6.20. The molecule has 0 aliphatic carbocycles. The lowest BCUT2D eigenvalue weighted by molar-refractivity contribution is 0.272. The molecule has 0 aliphatic heterocycles. The molecule has 90 valence electrons. The highest BCUT2D eigenvalue weighted by atomic mass is 16.3. The van der Waals surface area contributed by atoms with Crippen molar-refractivity contribution in [3.8, 4) is 5.69 Å². The van der Waals surface area contributed by atoms with Gasteiger partial charge in [-0.05, 0) is 31.5 Å². The van der Waals surface area contributed by atoms with Crippen molar-refractivity contribution in [3.05, 3.63) is 47.3 Å². The van der Waals surface area contributed by atoms with Crippen LogP contribution in [0.3, 0.4) is 0 Å². The van der Waals surface area contributed by atoms with Gasteiger partial charge in [-0.1, -0.05) is 24.6 Å². The summed E-state index contributed by atoms with van der Waals surface area (Å²) in [5.74, 6) is 0.134. The van der Waals surface area contributed by atoms with E-state index < -0.39 is 0 Å². The van der Waals surface area contributed by atoms with Gasteiger partial charge in [-0.3, -0.25) is 0 Å². The Morgan fingerprint density at radius 1 is 1.24 bits per heavy atom. The van der Waals surface area contributed by atoms with Crippen molar-refractivity contribution in [1.29, 1.82) is 0 Å². The summed E-state index contributed by atoms with van der Waals surface area (Å²) >= 11 is 0. The van der Waals surface area contributed by atoms with E-state index in [0.29, 0.717) is 0 Å². The number of benzene rings is 1. The quantitative estimate of drug-likeness (QED) is 0.880. The van der Waals surface area contributed by atoms with E-state index in [1.165, 1.54) is 5.56 Å². The third-order valence-corrected chi connectivity index (χ3v) is 3.04. The molecule has 0 saturated heterocycles. The van der Waals surface area contributed by atoms with Crippen LogP contribution in [0.25, 0.3) is 5.69 Å². The average molecular weight is 230 g/mol. The predicted octanol–water partition coefficient (Wildman–Crippen LogP) is 2.58. The molecule has 1 aromatic heterocycles. The Bertz CT molecular complexity index is 499. The van der Waals surface area contributed by atoms with Crippen molar-refractivity contribution in [2.75, 3.05) is 6.61 Å². The van der Waals surface area contributed by atoms with Crippen LogP contribution in [-0.4, -0.2) is 21.5 Å². The summed E-state index contributed by atoms with van der Waals surface area (Å²) in [7, 11) is 0. The zero-order chi connectivity index (χ0) is 12.4. The molecule has 2 rings (SSSR count). The van der Waals surface area contributed by atoms with Crippen LogP contribution in [0.2, 0.25) is 0 Å². The summed E-state index contributed by atoms with van der Waals surface area (Å²) in [6.07, 6.45) is 2.00. The highest BCUT2D eigenvalue weighted by molar-refractivity contribution is 5.35. The molecule has 3 nitrogen and oxygen atoms in total. The Balaban J connectivity index is 2.37. The molecule has 2 aromatic rings. The monoisotopic (exact) mass is 230 g/mol. The van der Waals surface area contributed by atoms with Crippen molar-refractivity contribution < 1.29 is 5.11 Å². The smallest absolute Gasteiger partial charge is 0.0645 e. The van der Waals surface area contributed by atoms with Crippen LogP contribution in [0, 0.1) is 13.8 Å². The van der Waals surface area contributed by atoms with Crippen LogP contribution in [0.15, 0.2) is 30.5 Å². The molecule has 0 bridgehead atoms. The molecule has 1 aromatic carbocycles. The van der Waals surface area contributed by atoms with Crippen molar-refractivity contribution in [3.63, 3.8) is 0 Å². The second-order valence-electron chi connectivity index (χ2n) is 4.53. The van der Waals surface area contributed by atoms with Gasteiger partial charge in [0.2, 0.25) is 0 Å². The largest absolute Gasteiger partial charge is 0.396 e. The lowest BCUT2D eigenvalue weighted by atomic mass is 10.0. The van der Waals surface area contributed by atoms with Gasteiger partial charge < -0.3 is 5.11 Å². The summed E-state index contributed by atoms with van der Waals surface area (Å²) in [5.41, 5.74) is 4.37. The minimum absolute atomic E-state index is 0.134. The van der Waals surface area contributed by atoms with Crippen LogP contribution < -0.4 is 0 Å². The average Bonchev–Trinajstić information content (AvgIpc) is 2.71. The molecule has 1 heterocycles. The van der Waals surface area contributed by atoms with E-state index in [1.807, 2.05) is 24.7 Å². The number of hydrogen-bond acceptors (Lipinski definition) is 2. The number of aliphatic hydroxyl groups excluding tert-OH is 1. The minimum atomic E-state index is 0.134. The SMILES string of the molecule is Cc1ccc(-n2cc(C(C)CO)c(C)n2)cc1. The zero-order valence-corrected chi connectivity index (χ0v) is 10.5. The van der Waals surface area contributed by atoms with Gasteiger partial charge in [0.15, 0.2) is 0 Å². The normalized spacial score (nSPS) is 12.7. The van der Waals surface area contributed by atoms with Crippen molar-refractivity contribution >= 4 is 0 Å². The van der Waals surface area contributed by atoms with Crippen molar-refractivity contribution in [1.82, 2.24) is 9.78 Å². The topological polar surface area (TPSA) is 38.0 Å². The van der Waals surface area contributed by atoms with Crippen LogP contribution in [-0.2, 0) is 0 Å². The van der Waals surface area contributed by atoms with E-state index in [-0.39, 0.29) is 12.5 Å². The fourth-order valence-electron chi connectivity index (χ4n) is 1.89. The second kappa shape index (κ2) is 4.72. The maximum atomic E-state index is 9.19. The molecule has 0 radical (unpaired) electrons. The van der Waals surface area contributed by atoms with Gasteiger partial charge in [-0.2, -0.15) is 5.10 Å². The number of hydrogen-bond donors (Lipinski definition) is 1. The lowest BCUT2D eigenvalue weighted by Crippen LogP contribution is -1.98. The Morgan fingerprint density at radius 3 is 2.47 bits per heavy atom. The maximum Gasteiger partial charge on any atom is 0.0645 e. The molecule has 0 fully saturated rings.